The second-order valence-corrected chi connectivity index (χ2v) is 2.21. The molecule has 1 nitrogen and oxygen atoms in total. The number of allylic oxidation sites excluding steroid dienone is 1. The topological polar surface area (TPSA) is 20.2 Å². The molecule has 0 aromatic rings. The molecular weight excluding hydrogens is 112 g/mol. The van der Waals surface area contributed by atoms with Gasteiger partial charge >= 0.3 is 0 Å². The van der Waals surface area contributed by atoms with Gasteiger partial charge in [0.15, 0.2) is 0 Å². The molecule has 9 heavy (non-hydrogen) atoms. The van der Waals surface area contributed by atoms with Crippen molar-refractivity contribution in [2.45, 2.75) is 33.1 Å². The average Bonchev–Trinajstić information content (AvgIpc) is 1.91. The van der Waals surface area contributed by atoms with Crippen LogP contribution in [-0.4, -0.2) is 11.7 Å². The lowest BCUT2D eigenvalue weighted by Gasteiger charge is -1.99. The molecule has 0 fully saturated rings. The van der Waals surface area contributed by atoms with Crippen molar-refractivity contribution in [2.24, 2.45) is 0 Å². The minimum absolute atomic E-state index is 0.233. The largest absolute Gasteiger partial charge is 0.392 e. The molecule has 0 saturated carbocycles. The van der Waals surface area contributed by atoms with Gasteiger partial charge in [-0.05, 0) is 25.3 Å². The fourth-order valence-corrected chi connectivity index (χ4v) is 0.719. The van der Waals surface area contributed by atoms with E-state index >= 15 is 0 Å². The molecule has 0 saturated heterocycles. The molecule has 0 rings (SSSR count). The molecule has 0 aromatic heterocycles. The van der Waals surface area contributed by atoms with E-state index < -0.39 is 0 Å². The molecule has 1 heteroatoms. The molecule has 54 valence electrons. The lowest BCUT2D eigenvalue weighted by molar-refractivity contribution is 0.325. The maximum Gasteiger partial charge on any atom is 0.0641 e. The van der Waals surface area contributed by atoms with Gasteiger partial charge in [0, 0.05) is 0 Å². The second-order valence-electron chi connectivity index (χ2n) is 2.21. The van der Waals surface area contributed by atoms with Gasteiger partial charge in [-0.25, -0.2) is 0 Å². The van der Waals surface area contributed by atoms with Gasteiger partial charge in [0.05, 0.1) is 6.61 Å². The van der Waals surface area contributed by atoms with Gasteiger partial charge in [0.2, 0.25) is 0 Å². The third-order valence-electron chi connectivity index (χ3n) is 1.46. The van der Waals surface area contributed by atoms with Crippen LogP contribution in [0.25, 0.3) is 0 Å². The lowest BCUT2D eigenvalue weighted by atomic mass is 10.1. The molecule has 0 heterocycles. The maximum absolute atomic E-state index is 8.68. The summed E-state index contributed by atoms with van der Waals surface area (Å²) in [4.78, 5) is 0. The van der Waals surface area contributed by atoms with Crippen molar-refractivity contribution in [1.82, 2.24) is 0 Å². The summed E-state index contributed by atoms with van der Waals surface area (Å²) in [5.74, 6) is 0. The second kappa shape index (κ2) is 5.83. The number of hydrogen-bond acceptors (Lipinski definition) is 1. The Kier molecular flexibility index (Phi) is 5.64. The highest BCUT2D eigenvalue weighted by Crippen LogP contribution is 2.04. The van der Waals surface area contributed by atoms with Crippen molar-refractivity contribution in [3.05, 3.63) is 11.6 Å². The molecule has 0 atom stereocenters. The van der Waals surface area contributed by atoms with E-state index in [1.807, 2.05) is 13.0 Å². The lowest BCUT2D eigenvalue weighted by Crippen LogP contribution is -1.88. The minimum atomic E-state index is 0.233. The highest BCUT2D eigenvalue weighted by molar-refractivity contribution is 4.99. The fraction of sp³-hybridized carbons (Fsp3) is 0.750. The fourth-order valence-electron chi connectivity index (χ4n) is 0.719. The van der Waals surface area contributed by atoms with Gasteiger partial charge < -0.3 is 5.11 Å². The van der Waals surface area contributed by atoms with Gasteiger partial charge in [-0.15, -0.1) is 0 Å². The van der Waals surface area contributed by atoms with E-state index in [1.165, 1.54) is 12.8 Å². The smallest absolute Gasteiger partial charge is 0.0641 e. The quantitative estimate of drug-likeness (QED) is 0.575. The van der Waals surface area contributed by atoms with Crippen molar-refractivity contribution in [3.8, 4) is 0 Å². The first kappa shape index (κ1) is 8.70. The predicted molar refractivity (Wildman–Crippen MR) is 40.4 cm³/mol. The standard InChI is InChI=1S/C8H16O/c1-3-5-6-8(4-2)7-9/h4,9H,3,5-7H2,1-2H3/b8-4+. The zero-order valence-electron chi connectivity index (χ0n) is 6.35. The Bertz CT molecular complexity index is 84.6. The van der Waals surface area contributed by atoms with Gasteiger partial charge in [0.25, 0.3) is 0 Å². The maximum atomic E-state index is 8.68. The highest BCUT2D eigenvalue weighted by atomic mass is 16.3. The van der Waals surface area contributed by atoms with E-state index in [0.717, 1.165) is 12.0 Å². The van der Waals surface area contributed by atoms with Crippen molar-refractivity contribution in [2.75, 3.05) is 6.61 Å². The molecule has 0 aromatic carbocycles. The summed E-state index contributed by atoms with van der Waals surface area (Å²) in [6, 6.07) is 0. The normalized spacial score (nSPS) is 12.1. The number of aliphatic hydroxyl groups excluding tert-OH is 1. The number of aliphatic hydroxyl groups is 1. The Morgan fingerprint density at radius 1 is 1.56 bits per heavy atom. The molecule has 0 unspecified atom stereocenters. The van der Waals surface area contributed by atoms with E-state index in [9.17, 15) is 0 Å². The summed E-state index contributed by atoms with van der Waals surface area (Å²) < 4.78 is 0. The van der Waals surface area contributed by atoms with Crippen LogP contribution in [0.5, 0.6) is 0 Å². The summed E-state index contributed by atoms with van der Waals surface area (Å²) in [6.07, 6.45) is 5.46. The van der Waals surface area contributed by atoms with Crippen molar-refractivity contribution < 1.29 is 5.11 Å². The van der Waals surface area contributed by atoms with Gasteiger partial charge in [0.1, 0.15) is 0 Å². The Morgan fingerprint density at radius 3 is 2.56 bits per heavy atom. The number of rotatable bonds is 4. The molecule has 0 amide bonds. The minimum Gasteiger partial charge on any atom is -0.392 e. The van der Waals surface area contributed by atoms with Crippen LogP contribution >= 0.6 is 0 Å². The Hall–Kier alpha value is -0.300. The molecule has 0 aliphatic heterocycles. The first-order chi connectivity index (χ1) is 4.35. The third kappa shape index (κ3) is 4.22. The molecule has 0 spiro atoms. The van der Waals surface area contributed by atoms with Crippen LogP contribution in [-0.2, 0) is 0 Å². The van der Waals surface area contributed by atoms with Crippen LogP contribution in [0, 0.1) is 0 Å². The van der Waals surface area contributed by atoms with Crippen LogP contribution in [0.3, 0.4) is 0 Å². The summed E-state index contributed by atoms with van der Waals surface area (Å²) in [5.41, 5.74) is 1.16. The summed E-state index contributed by atoms with van der Waals surface area (Å²) >= 11 is 0. The van der Waals surface area contributed by atoms with Crippen LogP contribution in [0.2, 0.25) is 0 Å². The molecule has 0 aliphatic carbocycles. The van der Waals surface area contributed by atoms with E-state index in [4.69, 9.17) is 5.11 Å². The summed E-state index contributed by atoms with van der Waals surface area (Å²) in [7, 11) is 0. The van der Waals surface area contributed by atoms with Crippen LogP contribution in [0.15, 0.2) is 11.6 Å². The Labute approximate surface area is 57.4 Å². The van der Waals surface area contributed by atoms with Crippen LogP contribution < -0.4 is 0 Å². The number of hydrogen-bond donors (Lipinski definition) is 1. The third-order valence-corrected chi connectivity index (χ3v) is 1.46. The number of unbranched alkanes of at least 4 members (excludes halogenated alkanes) is 1. The van der Waals surface area contributed by atoms with E-state index in [2.05, 4.69) is 6.92 Å². The monoisotopic (exact) mass is 128 g/mol. The zero-order chi connectivity index (χ0) is 7.11. The van der Waals surface area contributed by atoms with Gasteiger partial charge in [-0.3, -0.25) is 0 Å². The van der Waals surface area contributed by atoms with Crippen molar-refractivity contribution >= 4 is 0 Å². The van der Waals surface area contributed by atoms with Crippen molar-refractivity contribution in [3.63, 3.8) is 0 Å². The zero-order valence-corrected chi connectivity index (χ0v) is 6.35. The van der Waals surface area contributed by atoms with E-state index in [1.54, 1.807) is 0 Å². The van der Waals surface area contributed by atoms with Gasteiger partial charge in [-0.2, -0.15) is 0 Å². The molecular formula is C8H16O. The van der Waals surface area contributed by atoms with E-state index in [-0.39, 0.29) is 6.61 Å². The highest BCUT2D eigenvalue weighted by Gasteiger charge is 1.90. The first-order valence-electron chi connectivity index (χ1n) is 3.60. The van der Waals surface area contributed by atoms with Gasteiger partial charge in [-0.1, -0.05) is 19.4 Å². The summed E-state index contributed by atoms with van der Waals surface area (Å²) in [6.45, 7) is 4.36. The Morgan fingerprint density at radius 2 is 2.22 bits per heavy atom. The SMILES string of the molecule is C/C=C(/CO)CCCC. The Balaban J connectivity index is 3.33. The molecule has 0 aliphatic rings. The van der Waals surface area contributed by atoms with Crippen LogP contribution in [0.1, 0.15) is 33.1 Å². The molecule has 0 bridgehead atoms. The molecule has 0 radical (unpaired) electrons. The average molecular weight is 128 g/mol. The predicted octanol–water partition coefficient (Wildman–Crippen LogP) is 2.12. The first-order valence-corrected chi connectivity index (χ1v) is 3.60. The van der Waals surface area contributed by atoms with Crippen molar-refractivity contribution in [1.29, 1.82) is 0 Å². The van der Waals surface area contributed by atoms with E-state index in [0.29, 0.717) is 0 Å². The summed E-state index contributed by atoms with van der Waals surface area (Å²) in [5, 5.41) is 8.68. The molecule has 1 N–H and O–H groups in total. The van der Waals surface area contributed by atoms with Crippen LogP contribution in [0.4, 0.5) is 0 Å².